The molecule has 0 aliphatic rings. The van der Waals surface area contributed by atoms with Crippen molar-refractivity contribution in [3.05, 3.63) is 81.5 Å². The van der Waals surface area contributed by atoms with Gasteiger partial charge in [0.2, 0.25) is 5.91 Å². The van der Waals surface area contributed by atoms with Crippen LogP contribution in [0, 0.1) is 0 Å². The summed E-state index contributed by atoms with van der Waals surface area (Å²) in [4.78, 5) is 24.7. The Bertz CT molecular complexity index is 1090. The number of anilines is 1. The molecule has 0 aliphatic heterocycles. The Morgan fingerprint density at radius 2 is 1.84 bits per heavy atom. The van der Waals surface area contributed by atoms with E-state index in [9.17, 15) is 9.59 Å². The molecule has 1 aromatic heterocycles. The Balaban J connectivity index is 1.61. The second-order valence-corrected chi connectivity index (χ2v) is 9.02. The van der Waals surface area contributed by atoms with Gasteiger partial charge in [-0.1, -0.05) is 45.9 Å². The van der Waals surface area contributed by atoms with Crippen LogP contribution in [-0.4, -0.2) is 32.3 Å². The minimum atomic E-state index is -0.219. The molecule has 0 saturated heterocycles. The van der Waals surface area contributed by atoms with Crippen LogP contribution >= 0.6 is 43.6 Å². The van der Waals surface area contributed by atoms with Crippen LogP contribution in [0.3, 0.4) is 0 Å². The minimum absolute atomic E-state index is 0.149. The van der Waals surface area contributed by atoms with Gasteiger partial charge in [-0.05, 0) is 52.3 Å². The van der Waals surface area contributed by atoms with E-state index in [4.69, 9.17) is 0 Å². The zero-order chi connectivity index (χ0) is 22.2. The SMILES string of the molecule is C=CCn1c(CNC(=O)c2ccccc2Br)nnc1SCC(=O)Nc1ccc(Br)cc1. The number of benzene rings is 2. The highest BCUT2D eigenvalue weighted by Crippen LogP contribution is 2.20. The van der Waals surface area contributed by atoms with Crippen molar-refractivity contribution in [2.45, 2.75) is 18.2 Å². The Labute approximate surface area is 201 Å². The summed E-state index contributed by atoms with van der Waals surface area (Å²) in [7, 11) is 0. The van der Waals surface area contributed by atoms with Gasteiger partial charge in [0.1, 0.15) is 0 Å². The van der Waals surface area contributed by atoms with Crippen molar-refractivity contribution in [2.75, 3.05) is 11.1 Å². The van der Waals surface area contributed by atoms with Crippen LogP contribution < -0.4 is 10.6 Å². The van der Waals surface area contributed by atoms with E-state index in [1.165, 1.54) is 11.8 Å². The van der Waals surface area contributed by atoms with Gasteiger partial charge < -0.3 is 15.2 Å². The lowest BCUT2D eigenvalue weighted by Crippen LogP contribution is -2.25. The number of amides is 2. The molecule has 160 valence electrons. The fourth-order valence-corrected chi connectivity index (χ4v) is 4.13. The van der Waals surface area contributed by atoms with E-state index < -0.39 is 0 Å². The van der Waals surface area contributed by atoms with Crippen LogP contribution in [0.25, 0.3) is 0 Å². The van der Waals surface area contributed by atoms with E-state index in [2.05, 4.69) is 59.3 Å². The number of carbonyl (C=O) groups excluding carboxylic acids is 2. The summed E-state index contributed by atoms with van der Waals surface area (Å²) >= 11 is 8.01. The molecule has 10 heteroatoms. The first kappa shape index (κ1) is 23.2. The van der Waals surface area contributed by atoms with Crippen molar-refractivity contribution < 1.29 is 9.59 Å². The second kappa shape index (κ2) is 11.3. The molecule has 7 nitrogen and oxygen atoms in total. The number of allylic oxidation sites excluding steroid dienone is 1. The molecule has 0 bridgehead atoms. The first-order valence-corrected chi connectivity index (χ1v) is 11.8. The number of carbonyl (C=O) groups is 2. The third-order valence-corrected chi connectivity index (χ3v) is 6.28. The van der Waals surface area contributed by atoms with Crippen LogP contribution in [0.5, 0.6) is 0 Å². The molecule has 2 amide bonds. The molecule has 31 heavy (non-hydrogen) atoms. The van der Waals surface area contributed by atoms with E-state index in [1.807, 2.05) is 41.0 Å². The van der Waals surface area contributed by atoms with Crippen LogP contribution in [-0.2, 0) is 17.9 Å². The third-order valence-electron chi connectivity index (χ3n) is 4.09. The average Bonchev–Trinajstić information content (AvgIpc) is 3.14. The predicted molar refractivity (Wildman–Crippen MR) is 129 cm³/mol. The highest BCUT2D eigenvalue weighted by atomic mass is 79.9. The summed E-state index contributed by atoms with van der Waals surface area (Å²) in [5.74, 6) is 0.387. The predicted octanol–water partition coefficient (Wildman–Crippen LogP) is 4.65. The molecule has 2 aromatic carbocycles. The van der Waals surface area contributed by atoms with Crippen LogP contribution in [0.15, 0.2) is 75.3 Å². The Hall–Kier alpha value is -2.43. The van der Waals surface area contributed by atoms with Gasteiger partial charge in [-0.15, -0.1) is 16.8 Å². The largest absolute Gasteiger partial charge is 0.345 e. The van der Waals surface area contributed by atoms with Gasteiger partial charge >= 0.3 is 0 Å². The summed E-state index contributed by atoms with van der Waals surface area (Å²) in [5.41, 5.74) is 1.26. The Morgan fingerprint density at radius 1 is 1.10 bits per heavy atom. The minimum Gasteiger partial charge on any atom is -0.345 e. The molecule has 0 aliphatic carbocycles. The first-order valence-electron chi connectivity index (χ1n) is 9.22. The molecule has 0 radical (unpaired) electrons. The van der Waals surface area contributed by atoms with Gasteiger partial charge in [0, 0.05) is 21.2 Å². The number of hydrogen-bond donors (Lipinski definition) is 2. The van der Waals surface area contributed by atoms with Crippen molar-refractivity contribution in [1.29, 1.82) is 0 Å². The lowest BCUT2D eigenvalue weighted by Gasteiger charge is -2.10. The monoisotopic (exact) mass is 563 g/mol. The van der Waals surface area contributed by atoms with E-state index >= 15 is 0 Å². The summed E-state index contributed by atoms with van der Waals surface area (Å²) in [5, 5.41) is 14.6. The highest BCUT2D eigenvalue weighted by molar-refractivity contribution is 9.10. The smallest absolute Gasteiger partial charge is 0.252 e. The number of thioether (sulfide) groups is 1. The van der Waals surface area contributed by atoms with Gasteiger partial charge in [0.05, 0.1) is 17.9 Å². The van der Waals surface area contributed by atoms with Crippen molar-refractivity contribution in [3.63, 3.8) is 0 Å². The Morgan fingerprint density at radius 3 is 2.55 bits per heavy atom. The molecule has 1 heterocycles. The molecule has 0 unspecified atom stereocenters. The lowest BCUT2D eigenvalue weighted by atomic mass is 10.2. The average molecular weight is 565 g/mol. The number of nitrogens with zero attached hydrogens (tertiary/aromatic N) is 3. The number of rotatable bonds is 9. The topological polar surface area (TPSA) is 88.9 Å². The maximum absolute atomic E-state index is 12.4. The first-order chi connectivity index (χ1) is 15.0. The van der Waals surface area contributed by atoms with Crippen LogP contribution in [0.4, 0.5) is 5.69 Å². The fourth-order valence-electron chi connectivity index (χ4n) is 2.63. The molecular formula is C21H19Br2N5O2S. The molecule has 3 aromatic rings. The molecule has 0 saturated carbocycles. The van der Waals surface area contributed by atoms with Gasteiger partial charge in [-0.2, -0.15) is 0 Å². The van der Waals surface area contributed by atoms with Crippen molar-refractivity contribution in [3.8, 4) is 0 Å². The number of halogens is 2. The summed E-state index contributed by atoms with van der Waals surface area (Å²) in [6, 6.07) is 14.5. The molecule has 2 N–H and O–H groups in total. The Kier molecular flexibility index (Phi) is 8.44. The summed E-state index contributed by atoms with van der Waals surface area (Å²) in [6.07, 6.45) is 1.72. The maximum Gasteiger partial charge on any atom is 0.252 e. The normalized spacial score (nSPS) is 10.5. The molecular weight excluding hydrogens is 546 g/mol. The van der Waals surface area contributed by atoms with Gasteiger partial charge in [0.15, 0.2) is 11.0 Å². The maximum atomic E-state index is 12.4. The van der Waals surface area contributed by atoms with E-state index in [0.29, 0.717) is 27.6 Å². The van der Waals surface area contributed by atoms with Crippen LogP contribution in [0.2, 0.25) is 0 Å². The van der Waals surface area contributed by atoms with Gasteiger partial charge in [-0.25, -0.2) is 0 Å². The quantitative estimate of drug-likeness (QED) is 0.292. The van der Waals surface area contributed by atoms with E-state index in [0.717, 1.165) is 10.2 Å². The van der Waals surface area contributed by atoms with Crippen LogP contribution in [0.1, 0.15) is 16.2 Å². The third kappa shape index (κ3) is 6.52. The number of aromatic nitrogens is 3. The molecule has 3 rings (SSSR count). The lowest BCUT2D eigenvalue weighted by molar-refractivity contribution is -0.113. The van der Waals surface area contributed by atoms with Gasteiger partial charge in [-0.3, -0.25) is 9.59 Å². The van der Waals surface area contributed by atoms with Gasteiger partial charge in [0.25, 0.3) is 5.91 Å². The number of nitrogens with one attached hydrogen (secondary N) is 2. The zero-order valence-corrected chi connectivity index (χ0v) is 20.3. The zero-order valence-electron chi connectivity index (χ0n) is 16.3. The van der Waals surface area contributed by atoms with Crippen molar-refractivity contribution in [1.82, 2.24) is 20.1 Å². The van der Waals surface area contributed by atoms with Crippen molar-refractivity contribution >= 4 is 61.1 Å². The standard InChI is InChI=1S/C21H19Br2N5O2S/c1-2-11-28-18(12-24-20(30)16-5-3-4-6-17(16)23)26-27-21(28)31-13-19(29)25-15-9-7-14(22)8-10-15/h2-10H,1,11-13H2,(H,24,30)(H,25,29). The van der Waals surface area contributed by atoms with E-state index in [1.54, 1.807) is 18.2 Å². The summed E-state index contributed by atoms with van der Waals surface area (Å²) in [6.45, 7) is 4.43. The summed E-state index contributed by atoms with van der Waals surface area (Å²) < 4.78 is 3.48. The molecule has 0 spiro atoms. The highest BCUT2D eigenvalue weighted by Gasteiger charge is 2.15. The molecule has 0 fully saturated rings. The molecule has 0 atom stereocenters. The van der Waals surface area contributed by atoms with Crippen molar-refractivity contribution in [2.24, 2.45) is 0 Å². The fraction of sp³-hybridized carbons (Fsp3) is 0.143. The number of hydrogen-bond acceptors (Lipinski definition) is 5. The second-order valence-electron chi connectivity index (χ2n) is 6.30. The van der Waals surface area contributed by atoms with E-state index in [-0.39, 0.29) is 24.1 Å².